The van der Waals surface area contributed by atoms with E-state index in [-0.39, 0.29) is 12.5 Å². The van der Waals surface area contributed by atoms with Gasteiger partial charge in [-0.05, 0) is 53.2 Å². The van der Waals surface area contributed by atoms with Crippen LogP contribution in [0.4, 0.5) is 5.69 Å². The highest BCUT2D eigenvalue weighted by atomic mass is 79.9. The van der Waals surface area contributed by atoms with Crippen LogP contribution in [0, 0.1) is 6.92 Å². The summed E-state index contributed by atoms with van der Waals surface area (Å²) in [5, 5.41) is 4.28. The molecule has 1 amide bonds. The van der Waals surface area contributed by atoms with Gasteiger partial charge in [-0.3, -0.25) is 4.79 Å². The van der Waals surface area contributed by atoms with Crippen LogP contribution in [0.2, 0.25) is 10.0 Å². The van der Waals surface area contributed by atoms with E-state index in [1.165, 1.54) is 0 Å². The first-order valence-corrected chi connectivity index (χ1v) is 8.93. The maximum absolute atomic E-state index is 12.2. The molecule has 0 fully saturated rings. The molecule has 0 aliphatic carbocycles. The zero-order valence-corrected chi connectivity index (χ0v) is 16.2. The fourth-order valence-electron chi connectivity index (χ4n) is 2.31. The lowest BCUT2D eigenvalue weighted by Crippen LogP contribution is -2.20. The van der Waals surface area contributed by atoms with Crippen LogP contribution in [-0.4, -0.2) is 17.5 Å². The van der Waals surface area contributed by atoms with Crippen molar-refractivity contribution < 1.29 is 9.53 Å². The molecular weight excluding hydrogens is 427 g/mol. The molecule has 128 valence electrons. The van der Waals surface area contributed by atoms with Gasteiger partial charge in [-0.25, -0.2) is 4.98 Å². The van der Waals surface area contributed by atoms with Crippen molar-refractivity contribution in [2.24, 2.45) is 0 Å². The molecule has 1 heterocycles. The Kier molecular flexibility index (Phi) is 5.47. The number of fused-ring (bicyclic) bond motifs is 1. The van der Waals surface area contributed by atoms with Gasteiger partial charge in [0.25, 0.3) is 5.91 Å². The number of nitrogens with one attached hydrogen (secondary N) is 1. The van der Waals surface area contributed by atoms with E-state index in [1.54, 1.807) is 12.1 Å². The summed E-state index contributed by atoms with van der Waals surface area (Å²) >= 11 is 15.8. The predicted molar refractivity (Wildman–Crippen MR) is 105 cm³/mol. The molecule has 4 nitrogen and oxygen atoms in total. The molecule has 1 N–H and O–H groups in total. The maximum Gasteiger partial charge on any atom is 0.262 e. The van der Waals surface area contributed by atoms with Crippen LogP contribution in [0.5, 0.6) is 5.75 Å². The number of rotatable bonds is 4. The van der Waals surface area contributed by atoms with Gasteiger partial charge < -0.3 is 10.1 Å². The number of aromatic nitrogens is 1. The SMILES string of the molecule is Cc1ccc2c(Cl)cc(Cl)c(OCC(=O)Nc3ccccc3Br)c2n1. The number of para-hydroxylation sites is 1. The van der Waals surface area contributed by atoms with Crippen molar-refractivity contribution in [2.75, 3.05) is 11.9 Å². The topological polar surface area (TPSA) is 51.2 Å². The lowest BCUT2D eigenvalue weighted by molar-refractivity contribution is -0.118. The highest BCUT2D eigenvalue weighted by Gasteiger charge is 2.15. The van der Waals surface area contributed by atoms with Crippen molar-refractivity contribution in [3.05, 3.63) is 62.7 Å². The molecule has 0 spiro atoms. The number of ether oxygens (including phenoxy) is 1. The number of halogens is 3. The molecule has 7 heteroatoms. The molecule has 0 saturated carbocycles. The molecule has 25 heavy (non-hydrogen) atoms. The molecule has 0 aliphatic heterocycles. The van der Waals surface area contributed by atoms with Crippen LogP contribution in [-0.2, 0) is 4.79 Å². The Hall–Kier alpha value is -1.82. The summed E-state index contributed by atoms with van der Waals surface area (Å²) in [5.41, 5.74) is 2.00. The van der Waals surface area contributed by atoms with E-state index in [2.05, 4.69) is 26.2 Å². The minimum absolute atomic E-state index is 0.201. The quantitative estimate of drug-likeness (QED) is 0.573. The first-order chi connectivity index (χ1) is 12.0. The average molecular weight is 440 g/mol. The zero-order chi connectivity index (χ0) is 18.0. The summed E-state index contributed by atoms with van der Waals surface area (Å²) in [7, 11) is 0. The highest BCUT2D eigenvalue weighted by molar-refractivity contribution is 9.10. The van der Waals surface area contributed by atoms with Gasteiger partial charge in [-0.15, -0.1) is 0 Å². The van der Waals surface area contributed by atoms with Crippen molar-refractivity contribution in [1.82, 2.24) is 4.98 Å². The zero-order valence-electron chi connectivity index (χ0n) is 13.1. The van der Waals surface area contributed by atoms with E-state index in [9.17, 15) is 4.79 Å². The largest absolute Gasteiger partial charge is 0.480 e. The van der Waals surface area contributed by atoms with Gasteiger partial charge in [0, 0.05) is 15.6 Å². The van der Waals surface area contributed by atoms with E-state index < -0.39 is 0 Å². The van der Waals surface area contributed by atoms with Crippen molar-refractivity contribution in [1.29, 1.82) is 0 Å². The van der Waals surface area contributed by atoms with Crippen LogP contribution in [0.1, 0.15) is 5.69 Å². The molecule has 2 aromatic carbocycles. The molecule has 0 bridgehead atoms. The summed E-state index contributed by atoms with van der Waals surface area (Å²) in [5.74, 6) is 0.0331. The number of pyridine rings is 1. The fourth-order valence-corrected chi connectivity index (χ4v) is 3.27. The Morgan fingerprint density at radius 2 is 1.96 bits per heavy atom. The van der Waals surface area contributed by atoms with Gasteiger partial charge in [0.05, 0.1) is 15.7 Å². The first-order valence-electron chi connectivity index (χ1n) is 7.38. The Morgan fingerprint density at radius 3 is 2.72 bits per heavy atom. The van der Waals surface area contributed by atoms with Gasteiger partial charge in [0.15, 0.2) is 12.4 Å². The Bertz CT molecular complexity index is 963. The lowest BCUT2D eigenvalue weighted by atomic mass is 10.2. The van der Waals surface area contributed by atoms with Gasteiger partial charge in [0.1, 0.15) is 5.52 Å². The summed E-state index contributed by atoms with van der Waals surface area (Å²) in [6.45, 7) is 1.66. The number of hydrogen-bond acceptors (Lipinski definition) is 3. The third kappa shape index (κ3) is 4.06. The molecular formula is C18H13BrCl2N2O2. The lowest BCUT2D eigenvalue weighted by Gasteiger charge is -2.13. The molecule has 0 unspecified atom stereocenters. The number of benzene rings is 2. The summed E-state index contributed by atoms with van der Waals surface area (Å²) < 4.78 is 6.44. The number of carbonyl (C=O) groups is 1. The number of nitrogens with zero attached hydrogens (tertiary/aromatic N) is 1. The van der Waals surface area contributed by atoms with Crippen molar-refractivity contribution in [2.45, 2.75) is 6.92 Å². The smallest absolute Gasteiger partial charge is 0.262 e. The second kappa shape index (κ2) is 7.60. The Morgan fingerprint density at radius 1 is 1.20 bits per heavy atom. The monoisotopic (exact) mass is 438 g/mol. The number of hydrogen-bond donors (Lipinski definition) is 1. The minimum atomic E-state index is -0.307. The van der Waals surface area contributed by atoms with Crippen LogP contribution < -0.4 is 10.1 Å². The number of aryl methyl sites for hydroxylation is 1. The van der Waals surface area contributed by atoms with Crippen LogP contribution in [0.25, 0.3) is 10.9 Å². The van der Waals surface area contributed by atoms with Gasteiger partial charge in [-0.1, -0.05) is 35.3 Å². The van der Waals surface area contributed by atoms with Gasteiger partial charge >= 0.3 is 0 Å². The molecule has 0 atom stereocenters. The first kappa shape index (κ1) is 18.0. The highest BCUT2D eigenvalue weighted by Crippen LogP contribution is 2.37. The number of anilines is 1. The van der Waals surface area contributed by atoms with Crippen molar-refractivity contribution >= 4 is 61.6 Å². The van der Waals surface area contributed by atoms with Crippen molar-refractivity contribution in [3.63, 3.8) is 0 Å². The van der Waals surface area contributed by atoms with Crippen molar-refractivity contribution in [3.8, 4) is 5.75 Å². The van der Waals surface area contributed by atoms with E-state index in [0.29, 0.717) is 27.0 Å². The standard InChI is InChI=1S/C18H13BrCl2N2O2/c1-10-6-7-11-13(20)8-14(21)18(17(11)22-10)25-9-16(24)23-15-5-3-2-4-12(15)19/h2-8H,9H2,1H3,(H,23,24). The van der Waals surface area contributed by atoms with Crippen LogP contribution >= 0.6 is 39.1 Å². The number of amides is 1. The average Bonchev–Trinajstić information content (AvgIpc) is 2.56. The fraction of sp³-hybridized carbons (Fsp3) is 0.111. The summed E-state index contributed by atoms with van der Waals surface area (Å²) in [4.78, 5) is 16.6. The second-order valence-corrected chi connectivity index (χ2v) is 7.00. The molecule has 3 rings (SSSR count). The maximum atomic E-state index is 12.2. The van der Waals surface area contributed by atoms with Crippen LogP contribution in [0.15, 0.2) is 46.9 Å². The van der Waals surface area contributed by atoms with E-state index >= 15 is 0 Å². The number of carbonyl (C=O) groups excluding carboxylic acids is 1. The Labute approximate surface area is 163 Å². The molecule has 0 radical (unpaired) electrons. The van der Waals surface area contributed by atoms with Crippen LogP contribution in [0.3, 0.4) is 0 Å². The molecule has 0 saturated heterocycles. The van der Waals surface area contributed by atoms with Gasteiger partial charge in [0.2, 0.25) is 0 Å². The predicted octanol–water partition coefficient (Wildman–Crippen LogP) is 5.63. The summed E-state index contributed by atoms with van der Waals surface area (Å²) in [6.07, 6.45) is 0. The molecule has 3 aromatic rings. The third-order valence-corrected chi connectivity index (χ3v) is 4.76. The van der Waals surface area contributed by atoms with E-state index in [4.69, 9.17) is 27.9 Å². The second-order valence-electron chi connectivity index (χ2n) is 5.33. The van der Waals surface area contributed by atoms with E-state index in [1.807, 2.05) is 37.3 Å². The van der Waals surface area contributed by atoms with Gasteiger partial charge in [-0.2, -0.15) is 0 Å². The minimum Gasteiger partial charge on any atom is -0.480 e. The third-order valence-electron chi connectivity index (χ3n) is 3.47. The Balaban J connectivity index is 1.82. The molecule has 0 aliphatic rings. The normalized spacial score (nSPS) is 10.7. The molecule has 1 aromatic heterocycles. The summed E-state index contributed by atoms with van der Waals surface area (Å²) in [6, 6.07) is 12.6. The van der Waals surface area contributed by atoms with E-state index in [0.717, 1.165) is 15.6 Å².